The fraction of sp³-hybridized carbons (Fsp3) is 0.333. The van der Waals surface area contributed by atoms with Crippen LogP contribution in [-0.4, -0.2) is 18.5 Å². The Balaban J connectivity index is 2.37. The summed E-state index contributed by atoms with van der Waals surface area (Å²) in [4.78, 5) is 22.8. The van der Waals surface area contributed by atoms with E-state index >= 15 is 0 Å². The highest BCUT2D eigenvalue weighted by Gasteiger charge is 2.43. The van der Waals surface area contributed by atoms with E-state index in [1.54, 1.807) is 13.0 Å². The number of nitrogens with one attached hydrogen (secondary N) is 2. The van der Waals surface area contributed by atoms with Gasteiger partial charge < -0.3 is 10.1 Å². The van der Waals surface area contributed by atoms with Crippen LogP contribution in [0.15, 0.2) is 18.2 Å². The Morgan fingerprint density at radius 3 is 2.61 bits per heavy atom. The molecule has 1 saturated heterocycles. The van der Waals surface area contributed by atoms with Gasteiger partial charge in [0, 0.05) is 0 Å². The molecule has 1 fully saturated rings. The Bertz CT molecular complexity index is 518. The Kier molecular flexibility index (Phi) is 2.94. The second-order valence-corrected chi connectivity index (χ2v) is 4.11. The van der Waals surface area contributed by atoms with Crippen LogP contribution in [0.5, 0.6) is 5.75 Å². The number of amides is 3. The Hall–Kier alpha value is -2.11. The lowest BCUT2D eigenvalue weighted by atomic mass is 9.92. The van der Waals surface area contributed by atoms with E-state index in [0.717, 1.165) is 0 Å². The number of hydrogen-bond acceptors (Lipinski definition) is 3. The first kappa shape index (κ1) is 12.3. The minimum Gasteiger partial charge on any atom is -0.491 e. The molecule has 0 radical (unpaired) electrons. The van der Waals surface area contributed by atoms with Crippen LogP contribution in [0.25, 0.3) is 0 Å². The Labute approximate surface area is 103 Å². The Morgan fingerprint density at radius 1 is 1.39 bits per heavy atom. The second-order valence-electron chi connectivity index (χ2n) is 4.11. The molecular weight excluding hydrogens is 239 g/mol. The van der Waals surface area contributed by atoms with E-state index < -0.39 is 23.3 Å². The summed E-state index contributed by atoms with van der Waals surface area (Å²) in [6, 6.07) is 3.60. The van der Waals surface area contributed by atoms with Crippen molar-refractivity contribution in [3.8, 4) is 5.75 Å². The second kappa shape index (κ2) is 4.29. The fourth-order valence-electron chi connectivity index (χ4n) is 1.83. The summed E-state index contributed by atoms with van der Waals surface area (Å²) < 4.78 is 18.8. The van der Waals surface area contributed by atoms with Gasteiger partial charge >= 0.3 is 6.03 Å². The lowest BCUT2D eigenvalue weighted by molar-refractivity contribution is -0.123. The predicted octanol–water partition coefficient (Wildman–Crippen LogP) is 1.28. The molecule has 1 aromatic rings. The van der Waals surface area contributed by atoms with Crippen LogP contribution in [0.2, 0.25) is 0 Å². The van der Waals surface area contributed by atoms with Crippen LogP contribution in [0.1, 0.15) is 19.4 Å². The van der Waals surface area contributed by atoms with Crippen molar-refractivity contribution >= 4 is 11.9 Å². The lowest BCUT2D eigenvalue weighted by Crippen LogP contribution is -2.40. The van der Waals surface area contributed by atoms with Gasteiger partial charge in [0.15, 0.2) is 11.6 Å². The van der Waals surface area contributed by atoms with Crippen LogP contribution in [0.4, 0.5) is 9.18 Å². The summed E-state index contributed by atoms with van der Waals surface area (Å²) in [6.45, 7) is 3.62. The maximum absolute atomic E-state index is 13.7. The highest BCUT2D eigenvalue weighted by Crippen LogP contribution is 2.28. The van der Waals surface area contributed by atoms with Gasteiger partial charge in [0.25, 0.3) is 5.91 Å². The third-order valence-corrected chi connectivity index (χ3v) is 2.85. The molecule has 1 unspecified atom stereocenters. The minimum atomic E-state index is -1.25. The SMILES string of the molecule is CCOc1ccc(C2(C)NC(=O)NC2=O)cc1F. The third-order valence-electron chi connectivity index (χ3n) is 2.85. The molecule has 0 aliphatic carbocycles. The number of carbonyl (C=O) groups excluding carboxylic acids is 2. The molecule has 18 heavy (non-hydrogen) atoms. The zero-order valence-electron chi connectivity index (χ0n) is 10.0. The summed E-state index contributed by atoms with van der Waals surface area (Å²) in [5.41, 5.74) is -0.880. The van der Waals surface area contributed by atoms with Gasteiger partial charge in [0.2, 0.25) is 0 Å². The van der Waals surface area contributed by atoms with Gasteiger partial charge in [0.1, 0.15) is 5.54 Å². The summed E-state index contributed by atoms with van der Waals surface area (Å²) in [6.07, 6.45) is 0. The molecule has 96 valence electrons. The Morgan fingerprint density at radius 2 is 2.11 bits per heavy atom. The van der Waals surface area contributed by atoms with E-state index in [2.05, 4.69) is 10.6 Å². The van der Waals surface area contributed by atoms with Gasteiger partial charge in [-0.15, -0.1) is 0 Å². The van der Waals surface area contributed by atoms with Crippen molar-refractivity contribution in [3.05, 3.63) is 29.6 Å². The van der Waals surface area contributed by atoms with Crippen molar-refractivity contribution in [2.45, 2.75) is 19.4 Å². The molecule has 3 amide bonds. The van der Waals surface area contributed by atoms with Crippen LogP contribution in [-0.2, 0) is 10.3 Å². The molecular formula is C12H13FN2O3. The predicted molar refractivity (Wildman–Crippen MR) is 61.6 cm³/mol. The summed E-state index contributed by atoms with van der Waals surface area (Å²) >= 11 is 0. The standard InChI is InChI=1S/C12H13FN2O3/c1-3-18-9-5-4-7(6-8(9)13)12(2)10(16)14-11(17)15-12/h4-6H,3H2,1-2H3,(H2,14,15,16,17). The van der Waals surface area contributed by atoms with Gasteiger partial charge in [-0.1, -0.05) is 6.07 Å². The molecule has 2 rings (SSSR count). The number of benzene rings is 1. The average Bonchev–Trinajstić information content (AvgIpc) is 2.57. The number of urea groups is 1. The molecule has 6 heteroatoms. The number of rotatable bonds is 3. The summed E-state index contributed by atoms with van der Waals surface area (Å²) in [5.74, 6) is -0.949. The maximum Gasteiger partial charge on any atom is 0.322 e. The molecule has 1 aromatic carbocycles. The van der Waals surface area contributed by atoms with Gasteiger partial charge in [-0.25, -0.2) is 9.18 Å². The van der Waals surface area contributed by atoms with E-state index in [1.165, 1.54) is 19.1 Å². The maximum atomic E-state index is 13.7. The molecule has 1 heterocycles. The minimum absolute atomic E-state index is 0.120. The number of ether oxygens (including phenoxy) is 1. The zero-order valence-corrected chi connectivity index (χ0v) is 10.0. The molecule has 0 bridgehead atoms. The molecule has 1 aliphatic rings. The van der Waals surface area contributed by atoms with E-state index in [9.17, 15) is 14.0 Å². The summed E-state index contributed by atoms with van der Waals surface area (Å²) in [7, 11) is 0. The van der Waals surface area contributed by atoms with Gasteiger partial charge in [-0.3, -0.25) is 10.1 Å². The van der Waals surface area contributed by atoms with Crippen molar-refractivity contribution in [2.75, 3.05) is 6.61 Å². The average molecular weight is 252 g/mol. The highest BCUT2D eigenvalue weighted by atomic mass is 19.1. The van der Waals surface area contributed by atoms with Crippen molar-refractivity contribution in [1.29, 1.82) is 0 Å². The third kappa shape index (κ3) is 1.90. The fourth-order valence-corrected chi connectivity index (χ4v) is 1.83. The van der Waals surface area contributed by atoms with E-state index in [-0.39, 0.29) is 5.75 Å². The lowest BCUT2D eigenvalue weighted by Gasteiger charge is -2.21. The van der Waals surface area contributed by atoms with Gasteiger partial charge in [0.05, 0.1) is 6.61 Å². The first-order valence-electron chi connectivity index (χ1n) is 5.54. The topological polar surface area (TPSA) is 67.4 Å². The molecule has 1 aliphatic heterocycles. The first-order chi connectivity index (χ1) is 8.47. The van der Waals surface area contributed by atoms with Crippen LogP contribution >= 0.6 is 0 Å². The highest BCUT2D eigenvalue weighted by molar-refractivity contribution is 6.07. The molecule has 0 spiro atoms. The normalized spacial score (nSPS) is 22.6. The smallest absolute Gasteiger partial charge is 0.322 e. The largest absolute Gasteiger partial charge is 0.491 e. The van der Waals surface area contributed by atoms with Crippen molar-refractivity contribution in [1.82, 2.24) is 10.6 Å². The van der Waals surface area contributed by atoms with E-state index in [4.69, 9.17) is 4.74 Å². The molecule has 0 saturated carbocycles. The summed E-state index contributed by atoms with van der Waals surface area (Å²) in [5, 5.41) is 4.59. The number of carbonyl (C=O) groups is 2. The van der Waals surface area contributed by atoms with Crippen LogP contribution in [0, 0.1) is 5.82 Å². The van der Waals surface area contributed by atoms with Crippen molar-refractivity contribution in [3.63, 3.8) is 0 Å². The van der Waals surface area contributed by atoms with Crippen molar-refractivity contribution in [2.24, 2.45) is 0 Å². The monoisotopic (exact) mass is 252 g/mol. The number of halogens is 1. The van der Waals surface area contributed by atoms with Gasteiger partial charge in [-0.05, 0) is 31.5 Å². The molecule has 0 aromatic heterocycles. The van der Waals surface area contributed by atoms with E-state index in [1.807, 2.05) is 0 Å². The van der Waals surface area contributed by atoms with E-state index in [0.29, 0.717) is 12.2 Å². The number of hydrogen-bond donors (Lipinski definition) is 2. The first-order valence-corrected chi connectivity index (χ1v) is 5.54. The molecule has 5 nitrogen and oxygen atoms in total. The molecule has 1 atom stereocenters. The number of imide groups is 1. The quantitative estimate of drug-likeness (QED) is 0.796. The van der Waals surface area contributed by atoms with Crippen LogP contribution in [0.3, 0.4) is 0 Å². The van der Waals surface area contributed by atoms with Crippen molar-refractivity contribution < 1.29 is 18.7 Å². The zero-order chi connectivity index (χ0) is 13.3. The van der Waals surface area contributed by atoms with Crippen LogP contribution < -0.4 is 15.4 Å². The molecule has 2 N–H and O–H groups in total. The van der Waals surface area contributed by atoms with Gasteiger partial charge in [-0.2, -0.15) is 0 Å².